The first-order valence-corrected chi connectivity index (χ1v) is 39.8. The zero-order chi connectivity index (χ0) is 59.1. The standard InChI is InChI=1S/C21H38O2.4C15H30/c1-3-22-19-21(20-23-4-2)17-15-13-11-9-7-5-6-8-10-12-14-16-18-21;4*1-2-4-6-8-10-12-14-15-13-11-9-7-5-3-1/h3-4H,1-2,5-20H2;4*1-15H2. The summed E-state index contributed by atoms with van der Waals surface area (Å²) in [6.07, 6.45) is 112. The molecule has 2 nitrogen and oxygen atoms in total. The van der Waals surface area contributed by atoms with Gasteiger partial charge >= 0.3 is 0 Å². The highest BCUT2D eigenvalue weighted by atomic mass is 16.5. The quantitative estimate of drug-likeness (QED) is 0.247. The summed E-state index contributed by atoms with van der Waals surface area (Å²) in [4.78, 5) is 0. The van der Waals surface area contributed by atoms with E-state index >= 15 is 0 Å². The monoisotopic (exact) mass is 1160 g/mol. The van der Waals surface area contributed by atoms with Crippen LogP contribution in [0.25, 0.3) is 0 Å². The van der Waals surface area contributed by atoms with Crippen molar-refractivity contribution < 1.29 is 9.47 Å². The molecule has 0 aromatic heterocycles. The highest BCUT2D eigenvalue weighted by Crippen LogP contribution is 2.34. The zero-order valence-electron chi connectivity index (χ0n) is 57.6. The lowest BCUT2D eigenvalue weighted by Crippen LogP contribution is -2.31. The van der Waals surface area contributed by atoms with Gasteiger partial charge in [0.2, 0.25) is 0 Å². The van der Waals surface area contributed by atoms with E-state index in [2.05, 4.69) is 13.2 Å². The summed E-state index contributed by atoms with van der Waals surface area (Å²) >= 11 is 0. The fraction of sp³-hybridized carbons (Fsp3) is 0.951. The van der Waals surface area contributed by atoms with Crippen molar-refractivity contribution in [3.05, 3.63) is 25.7 Å². The number of hydrogen-bond acceptors (Lipinski definition) is 2. The van der Waals surface area contributed by atoms with Crippen molar-refractivity contribution in [1.29, 1.82) is 0 Å². The summed E-state index contributed by atoms with van der Waals surface area (Å²) in [7, 11) is 0. The lowest BCUT2D eigenvalue weighted by molar-refractivity contribution is 0.0214. The molecule has 5 rings (SSSR count). The molecule has 0 atom stereocenters. The Bertz CT molecular complexity index is 792. The molecule has 494 valence electrons. The molecule has 0 aromatic rings. The Morgan fingerprint density at radius 1 is 0.157 bits per heavy atom. The Labute approximate surface area is 526 Å². The molecule has 0 amide bonds. The van der Waals surface area contributed by atoms with Gasteiger partial charge in [-0.3, -0.25) is 0 Å². The second kappa shape index (κ2) is 71.8. The van der Waals surface area contributed by atoms with E-state index in [9.17, 15) is 0 Å². The average Bonchev–Trinajstić information content (AvgIpc) is 3.57. The van der Waals surface area contributed by atoms with Gasteiger partial charge in [-0.1, -0.05) is 475 Å². The molecule has 0 N–H and O–H groups in total. The normalized spacial score (nSPS) is 23.3. The fourth-order valence-corrected chi connectivity index (χ4v) is 14.3. The van der Waals surface area contributed by atoms with Crippen molar-refractivity contribution >= 4 is 0 Å². The van der Waals surface area contributed by atoms with Crippen molar-refractivity contribution in [2.45, 2.75) is 475 Å². The topological polar surface area (TPSA) is 18.5 Å². The van der Waals surface area contributed by atoms with Crippen molar-refractivity contribution in [3.8, 4) is 0 Å². The van der Waals surface area contributed by atoms with Crippen molar-refractivity contribution in [3.63, 3.8) is 0 Å². The van der Waals surface area contributed by atoms with Gasteiger partial charge in [0.15, 0.2) is 0 Å². The zero-order valence-corrected chi connectivity index (χ0v) is 57.6. The summed E-state index contributed by atoms with van der Waals surface area (Å²) in [5.74, 6) is 0. The van der Waals surface area contributed by atoms with Crippen LogP contribution in [0.3, 0.4) is 0 Å². The second-order valence-electron chi connectivity index (χ2n) is 28.4. The molecule has 5 fully saturated rings. The van der Waals surface area contributed by atoms with Crippen LogP contribution in [-0.2, 0) is 9.47 Å². The number of rotatable bonds is 6. The van der Waals surface area contributed by atoms with Crippen LogP contribution in [0.15, 0.2) is 25.7 Å². The van der Waals surface area contributed by atoms with Crippen molar-refractivity contribution in [2.75, 3.05) is 13.2 Å². The average molecular weight is 1160 g/mol. The van der Waals surface area contributed by atoms with Gasteiger partial charge in [-0.2, -0.15) is 0 Å². The molecule has 5 saturated carbocycles. The molecule has 2 heteroatoms. The first-order valence-electron chi connectivity index (χ1n) is 39.8. The van der Waals surface area contributed by atoms with Crippen molar-refractivity contribution in [2.24, 2.45) is 5.41 Å². The predicted molar refractivity (Wildman–Crippen MR) is 376 cm³/mol. The Balaban J connectivity index is 0.000000525. The molecule has 0 heterocycles. The van der Waals surface area contributed by atoms with Gasteiger partial charge in [0.05, 0.1) is 25.7 Å². The summed E-state index contributed by atoms with van der Waals surface area (Å²) in [5.41, 5.74) is 0.128. The Hall–Kier alpha value is -0.920. The molecule has 0 saturated heterocycles. The van der Waals surface area contributed by atoms with Gasteiger partial charge in [-0.25, -0.2) is 0 Å². The van der Waals surface area contributed by atoms with Crippen LogP contribution >= 0.6 is 0 Å². The van der Waals surface area contributed by atoms with E-state index in [0.29, 0.717) is 0 Å². The number of hydrogen-bond donors (Lipinski definition) is 0. The SMILES string of the molecule is C1CCCCCCCCCCCCCC1.C1CCCCCCCCCCCCCC1.C1CCCCCCCCCCCCCC1.C1CCCCCCCCCCCCCC1.C=COCC1(COC=C)CCCCCCCCCCCCCC1. The molecule has 0 radical (unpaired) electrons. The van der Waals surface area contributed by atoms with Crippen LogP contribution in [0.4, 0.5) is 0 Å². The maximum absolute atomic E-state index is 5.61. The maximum Gasteiger partial charge on any atom is 0.0961 e. The van der Waals surface area contributed by atoms with E-state index in [1.165, 1.54) is 475 Å². The molecule has 83 heavy (non-hydrogen) atoms. The minimum atomic E-state index is 0.128. The van der Waals surface area contributed by atoms with E-state index in [1.54, 1.807) is 12.5 Å². The molecular weight excluding hydrogens is 1000 g/mol. The largest absolute Gasteiger partial charge is 0.501 e. The van der Waals surface area contributed by atoms with Crippen LogP contribution in [0.1, 0.15) is 475 Å². The van der Waals surface area contributed by atoms with Gasteiger partial charge in [0.1, 0.15) is 0 Å². The predicted octanol–water partition coefficient (Wildman–Crippen LogP) is 30.2. The molecule has 5 aliphatic carbocycles. The molecule has 0 unspecified atom stereocenters. The Morgan fingerprint density at radius 2 is 0.241 bits per heavy atom. The fourth-order valence-electron chi connectivity index (χ4n) is 14.3. The Kier molecular flexibility index (Phi) is 69.3. The number of ether oxygens (including phenoxy) is 2. The highest BCUT2D eigenvalue weighted by molar-refractivity contribution is 4.81. The van der Waals surface area contributed by atoms with Crippen LogP contribution in [0.2, 0.25) is 0 Å². The van der Waals surface area contributed by atoms with Crippen LogP contribution < -0.4 is 0 Å². The maximum atomic E-state index is 5.61. The lowest BCUT2D eigenvalue weighted by atomic mass is 9.79. The Morgan fingerprint density at radius 3 is 0.325 bits per heavy atom. The minimum Gasteiger partial charge on any atom is -0.501 e. The van der Waals surface area contributed by atoms with E-state index in [1.807, 2.05) is 0 Å². The van der Waals surface area contributed by atoms with Gasteiger partial charge in [0.25, 0.3) is 0 Å². The summed E-state index contributed by atoms with van der Waals surface area (Å²) < 4.78 is 11.2. The summed E-state index contributed by atoms with van der Waals surface area (Å²) in [6.45, 7) is 8.87. The van der Waals surface area contributed by atoms with Crippen LogP contribution in [0, 0.1) is 5.41 Å². The smallest absolute Gasteiger partial charge is 0.0961 e. The van der Waals surface area contributed by atoms with Crippen LogP contribution in [0.5, 0.6) is 0 Å². The van der Waals surface area contributed by atoms with Gasteiger partial charge in [-0.15, -0.1) is 0 Å². The third-order valence-corrected chi connectivity index (χ3v) is 20.2. The second-order valence-corrected chi connectivity index (χ2v) is 28.4. The van der Waals surface area contributed by atoms with E-state index in [-0.39, 0.29) is 5.41 Å². The molecule has 0 spiro atoms. The van der Waals surface area contributed by atoms with Gasteiger partial charge < -0.3 is 9.47 Å². The molecule has 0 bridgehead atoms. The van der Waals surface area contributed by atoms with Crippen molar-refractivity contribution in [1.82, 2.24) is 0 Å². The van der Waals surface area contributed by atoms with Crippen LogP contribution in [-0.4, -0.2) is 13.2 Å². The lowest BCUT2D eigenvalue weighted by Gasteiger charge is -2.33. The highest BCUT2D eigenvalue weighted by Gasteiger charge is 2.31. The van der Waals surface area contributed by atoms with E-state index in [0.717, 1.165) is 13.2 Å². The molecule has 5 aliphatic rings. The van der Waals surface area contributed by atoms with Gasteiger partial charge in [0, 0.05) is 5.41 Å². The van der Waals surface area contributed by atoms with Gasteiger partial charge in [-0.05, 0) is 12.8 Å². The minimum absolute atomic E-state index is 0.128. The first kappa shape index (κ1) is 80.1. The molecular formula is C81H158O2. The van der Waals surface area contributed by atoms with E-state index < -0.39 is 0 Å². The third-order valence-electron chi connectivity index (χ3n) is 20.2. The molecule has 0 aliphatic heterocycles. The first-order chi connectivity index (χ1) is 41.3. The summed E-state index contributed by atoms with van der Waals surface area (Å²) in [5, 5.41) is 0. The van der Waals surface area contributed by atoms with E-state index in [4.69, 9.17) is 9.47 Å². The third kappa shape index (κ3) is 65.4. The summed E-state index contributed by atoms with van der Waals surface area (Å²) in [6, 6.07) is 0. The molecule has 0 aromatic carbocycles.